The van der Waals surface area contributed by atoms with Gasteiger partial charge in [-0.3, -0.25) is 0 Å². The van der Waals surface area contributed by atoms with Crippen LogP contribution in [0.15, 0.2) is 66.7 Å². The lowest BCUT2D eigenvalue weighted by atomic mass is 9.67. The summed E-state index contributed by atoms with van der Waals surface area (Å²) < 4.78 is 0. The molecule has 0 aliphatic heterocycles. The molecule has 2 aliphatic rings. The van der Waals surface area contributed by atoms with Gasteiger partial charge >= 0.3 is 0 Å². The largest absolute Gasteiger partial charge is 0.0622 e. The number of allylic oxidation sites excluding steroid dienone is 4. The third kappa shape index (κ3) is 1.32. The number of hydrogen-bond acceptors (Lipinski definition) is 0. The molecule has 1 unspecified atom stereocenters. The molecule has 86 valence electrons. The molecule has 0 fully saturated rings. The fraction of sp³-hybridized carbons (Fsp3) is 0.111. The molecule has 0 saturated heterocycles. The summed E-state index contributed by atoms with van der Waals surface area (Å²) >= 11 is 0. The van der Waals surface area contributed by atoms with Crippen molar-refractivity contribution in [1.29, 1.82) is 0 Å². The number of fused-ring (bicyclic) bond motifs is 4. The molecule has 2 aromatic carbocycles. The highest BCUT2D eigenvalue weighted by Crippen LogP contribution is 2.52. The smallest absolute Gasteiger partial charge is 0.0142 e. The minimum Gasteiger partial charge on any atom is -0.0622 e. The molecule has 0 amide bonds. The van der Waals surface area contributed by atoms with E-state index in [1.165, 1.54) is 27.8 Å². The Morgan fingerprint density at radius 1 is 0.778 bits per heavy atom. The van der Waals surface area contributed by atoms with Crippen LogP contribution in [0.5, 0.6) is 0 Å². The lowest BCUT2D eigenvalue weighted by molar-refractivity contribution is 0.832. The average Bonchev–Trinajstić information content (AvgIpc) is 2.45. The van der Waals surface area contributed by atoms with E-state index in [-0.39, 0.29) is 0 Å². The lowest BCUT2D eigenvalue weighted by Crippen LogP contribution is -2.18. The standard InChI is InChI=1S/C18H14/c1-2-6-13(7-3-1)14-10-11-17-15-8-4-5-9-16(15)18(17)12-14/h1-11,18H,12H2. The van der Waals surface area contributed by atoms with Crippen LogP contribution in [0.4, 0.5) is 0 Å². The Balaban J connectivity index is 1.75. The summed E-state index contributed by atoms with van der Waals surface area (Å²) in [4.78, 5) is 0. The van der Waals surface area contributed by atoms with Crippen molar-refractivity contribution in [2.45, 2.75) is 12.3 Å². The minimum absolute atomic E-state index is 0.626. The normalized spacial score (nSPS) is 20.1. The maximum atomic E-state index is 2.30. The van der Waals surface area contributed by atoms with Crippen molar-refractivity contribution in [3.8, 4) is 0 Å². The van der Waals surface area contributed by atoms with E-state index in [4.69, 9.17) is 0 Å². The topological polar surface area (TPSA) is 0 Å². The highest BCUT2D eigenvalue weighted by molar-refractivity contribution is 5.90. The predicted octanol–water partition coefficient (Wildman–Crippen LogP) is 4.65. The molecule has 0 saturated carbocycles. The Kier molecular flexibility index (Phi) is 2.04. The fourth-order valence-electron chi connectivity index (χ4n) is 3.11. The van der Waals surface area contributed by atoms with Gasteiger partial charge in [0.25, 0.3) is 0 Å². The molecule has 0 spiro atoms. The van der Waals surface area contributed by atoms with Crippen LogP contribution in [0.25, 0.3) is 11.1 Å². The van der Waals surface area contributed by atoms with Crippen LogP contribution in [-0.4, -0.2) is 0 Å². The molecule has 0 N–H and O–H groups in total. The van der Waals surface area contributed by atoms with Gasteiger partial charge in [-0.1, -0.05) is 66.7 Å². The van der Waals surface area contributed by atoms with Crippen molar-refractivity contribution in [1.82, 2.24) is 0 Å². The van der Waals surface area contributed by atoms with E-state index in [0.717, 1.165) is 6.42 Å². The van der Waals surface area contributed by atoms with E-state index in [9.17, 15) is 0 Å². The quantitative estimate of drug-likeness (QED) is 0.668. The van der Waals surface area contributed by atoms with Crippen LogP contribution in [0.2, 0.25) is 0 Å². The average molecular weight is 230 g/mol. The van der Waals surface area contributed by atoms with Crippen molar-refractivity contribution in [2.24, 2.45) is 0 Å². The van der Waals surface area contributed by atoms with Crippen molar-refractivity contribution < 1.29 is 0 Å². The second-order valence-electron chi connectivity index (χ2n) is 5.02. The van der Waals surface area contributed by atoms with E-state index >= 15 is 0 Å². The van der Waals surface area contributed by atoms with Gasteiger partial charge in [-0.25, -0.2) is 0 Å². The Morgan fingerprint density at radius 2 is 1.56 bits per heavy atom. The van der Waals surface area contributed by atoms with Gasteiger partial charge in [0.15, 0.2) is 0 Å². The van der Waals surface area contributed by atoms with Gasteiger partial charge < -0.3 is 0 Å². The molecule has 0 radical (unpaired) electrons. The SMILES string of the molecule is C1=C(c2ccccc2)CC2C(=C1)c1ccccc12. The van der Waals surface area contributed by atoms with Crippen LogP contribution in [0, 0.1) is 0 Å². The maximum Gasteiger partial charge on any atom is 0.0142 e. The molecule has 0 bridgehead atoms. The van der Waals surface area contributed by atoms with Gasteiger partial charge in [0.1, 0.15) is 0 Å². The highest BCUT2D eigenvalue weighted by Gasteiger charge is 2.33. The first kappa shape index (κ1) is 9.90. The van der Waals surface area contributed by atoms with Crippen LogP contribution in [-0.2, 0) is 0 Å². The second kappa shape index (κ2) is 3.71. The summed E-state index contributed by atoms with van der Waals surface area (Å²) in [5.74, 6) is 0.626. The lowest BCUT2D eigenvalue weighted by Gasteiger charge is -2.36. The van der Waals surface area contributed by atoms with Crippen molar-refractivity contribution in [3.05, 3.63) is 83.4 Å². The third-order valence-corrected chi connectivity index (χ3v) is 4.06. The van der Waals surface area contributed by atoms with Crippen molar-refractivity contribution >= 4 is 11.1 Å². The molecule has 0 aromatic heterocycles. The number of hydrogen-bond donors (Lipinski definition) is 0. The fourth-order valence-corrected chi connectivity index (χ4v) is 3.11. The molecule has 2 aliphatic carbocycles. The Morgan fingerprint density at radius 3 is 2.44 bits per heavy atom. The zero-order valence-corrected chi connectivity index (χ0v) is 10.1. The van der Waals surface area contributed by atoms with Crippen LogP contribution in [0.3, 0.4) is 0 Å². The maximum absolute atomic E-state index is 2.30. The third-order valence-electron chi connectivity index (χ3n) is 4.06. The summed E-state index contributed by atoms with van der Waals surface area (Å²) in [6.45, 7) is 0. The van der Waals surface area contributed by atoms with Gasteiger partial charge in [-0.2, -0.15) is 0 Å². The molecule has 0 nitrogen and oxygen atoms in total. The zero-order valence-electron chi connectivity index (χ0n) is 10.1. The van der Waals surface area contributed by atoms with E-state index < -0.39 is 0 Å². The van der Waals surface area contributed by atoms with Crippen molar-refractivity contribution in [3.63, 3.8) is 0 Å². The van der Waals surface area contributed by atoms with E-state index in [0.29, 0.717) is 5.92 Å². The Hall–Kier alpha value is -2.08. The van der Waals surface area contributed by atoms with Gasteiger partial charge in [-0.15, -0.1) is 0 Å². The molecular formula is C18H14. The van der Waals surface area contributed by atoms with Gasteiger partial charge in [0.2, 0.25) is 0 Å². The summed E-state index contributed by atoms with van der Waals surface area (Å²) in [6, 6.07) is 19.5. The van der Waals surface area contributed by atoms with Gasteiger partial charge in [0, 0.05) is 5.92 Å². The zero-order chi connectivity index (χ0) is 11.9. The molecule has 1 atom stereocenters. The molecule has 4 rings (SSSR count). The molecule has 2 aromatic rings. The van der Waals surface area contributed by atoms with Crippen LogP contribution < -0.4 is 0 Å². The summed E-state index contributed by atoms with van der Waals surface area (Å²) in [7, 11) is 0. The Bertz CT molecular complexity index is 659. The van der Waals surface area contributed by atoms with E-state index in [1.54, 1.807) is 0 Å². The Labute approximate surface area is 107 Å². The summed E-state index contributed by atoms with van der Waals surface area (Å²) in [5, 5.41) is 0. The van der Waals surface area contributed by atoms with Gasteiger partial charge in [-0.05, 0) is 34.3 Å². The highest BCUT2D eigenvalue weighted by atomic mass is 14.4. The summed E-state index contributed by atoms with van der Waals surface area (Å²) in [5.41, 5.74) is 7.30. The first-order valence-corrected chi connectivity index (χ1v) is 6.49. The number of rotatable bonds is 1. The molecule has 0 heterocycles. The van der Waals surface area contributed by atoms with E-state index in [2.05, 4.69) is 66.7 Å². The predicted molar refractivity (Wildman–Crippen MR) is 76.2 cm³/mol. The first-order chi connectivity index (χ1) is 8.93. The van der Waals surface area contributed by atoms with Crippen LogP contribution in [0.1, 0.15) is 29.0 Å². The minimum atomic E-state index is 0.626. The second-order valence-corrected chi connectivity index (χ2v) is 5.02. The van der Waals surface area contributed by atoms with E-state index in [1.807, 2.05) is 0 Å². The number of benzene rings is 2. The molecular weight excluding hydrogens is 216 g/mol. The van der Waals surface area contributed by atoms with Crippen LogP contribution >= 0.6 is 0 Å². The monoisotopic (exact) mass is 230 g/mol. The molecule has 18 heavy (non-hydrogen) atoms. The summed E-state index contributed by atoms with van der Waals surface area (Å²) in [6.07, 6.45) is 5.74. The first-order valence-electron chi connectivity index (χ1n) is 6.49. The van der Waals surface area contributed by atoms with Crippen molar-refractivity contribution in [2.75, 3.05) is 0 Å². The molecule has 0 heteroatoms. The van der Waals surface area contributed by atoms with Gasteiger partial charge in [0.05, 0.1) is 0 Å².